The maximum absolute atomic E-state index is 4.21. The highest BCUT2D eigenvalue weighted by Crippen LogP contribution is 2.20. The first-order valence-corrected chi connectivity index (χ1v) is 16.4. The third-order valence-electron chi connectivity index (χ3n) is 6.89. The van der Waals surface area contributed by atoms with E-state index in [1.165, 1.54) is 51.7 Å². The normalized spacial score (nSPS) is 11.3. The molecule has 1 aromatic heterocycles. The summed E-state index contributed by atoms with van der Waals surface area (Å²) in [7, 11) is 0. The van der Waals surface area contributed by atoms with Crippen molar-refractivity contribution in [1.82, 2.24) is 4.98 Å². The van der Waals surface area contributed by atoms with Crippen LogP contribution in [-0.4, -0.2) is 11.2 Å². The molecule has 1 aliphatic heterocycles. The van der Waals surface area contributed by atoms with Crippen LogP contribution in [0.15, 0.2) is 102 Å². The number of aromatic amines is 1. The lowest BCUT2D eigenvalue weighted by Gasteiger charge is -2.04. The number of fused-ring (bicyclic) bond motifs is 1. The molecule has 0 saturated heterocycles. The van der Waals surface area contributed by atoms with Crippen molar-refractivity contribution in [2.24, 2.45) is 28.7 Å². The molecule has 5 rings (SSSR count). The van der Waals surface area contributed by atoms with Gasteiger partial charge in [-0.15, -0.1) is 0 Å². The Labute approximate surface area is 285 Å². The molecule has 256 valence electrons. The predicted molar refractivity (Wildman–Crippen MR) is 212 cm³/mol. The molecule has 46 heavy (non-hydrogen) atoms. The highest BCUT2D eigenvalue weighted by Gasteiger charge is 2.04. The van der Waals surface area contributed by atoms with E-state index in [9.17, 15) is 0 Å². The zero-order valence-electron chi connectivity index (χ0n) is 28.5. The zero-order chi connectivity index (χ0) is 31.6. The van der Waals surface area contributed by atoms with Gasteiger partial charge in [0.15, 0.2) is 0 Å². The van der Waals surface area contributed by atoms with E-state index in [2.05, 4.69) is 163 Å². The molecule has 0 saturated carbocycles. The lowest BCUT2D eigenvalue weighted by Crippen LogP contribution is -1.93. The summed E-state index contributed by atoms with van der Waals surface area (Å²) in [6, 6.07) is 27.9. The van der Waals surface area contributed by atoms with E-state index in [4.69, 9.17) is 0 Å². The minimum Gasteiger partial charge on any atom is -0.361 e. The van der Waals surface area contributed by atoms with Gasteiger partial charge in [0.25, 0.3) is 0 Å². The van der Waals surface area contributed by atoms with Gasteiger partial charge in [0.05, 0.1) is 0 Å². The molecular formula is C44H70N2. The number of para-hydroxylation sites is 1. The van der Waals surface area contributed by atoms with Crippen LogP contribution >= 0.6 is 0 Å². The fourth-order valence-electron chi connectivity index (χ4n) is 4.99. The van der Waals surface area contributed by atoms with Crippen molar-refractivity contribution in [1.29, 1.82) is 0 Å². The van der Waals surface area contributed by atoms with E-state index in [1.807, 2.05) is 6.21 Å². The summed E-state index contributed by atoms with van der Waals surface area (Å²) in [6.07, 6.45) is 12.0. The maximum Gasteiger partial charge on any atom is 0.0456 e. The van der Waals surface area contributed by atoms with Crippen molar-refractivity contribution in [3.8, 4) is 0 Å². The van der Waals surface area contributed by atoms with Crippen molar-refractivity contribution in [2.75, 3.05) is 0 Å². The van der Waals surface area contributed by atoms with E-state index in [0.717, 1.165) is 42.9 Å². The van der Waals surface area contributed by atoms with Gasteiger partial charge in [-0.1, -0.05) is 162 Å². The molecule has 0 bridgehead atoms. The fraction of sp³-hybridized carbons (Fsp3) is 0.477. The van der Waals surface area contributed by atoms with E-state index in [1.54, 1.807) is 0 Å². The smallest absolute Gasteiger partial charge is 0.0456 e. The molecule has 2 nitrogen and oxygen atoms in total. The molecule has 2 heteroatoms. The number of nitrogens with one attached hydrogen (secondary N) is 1. The van der Waals surface area contributed by atoms with Crippen LogP contribution in [0.2, 0.25) is 0 Å². The lowest BCUT2D eigenvalue weighted by atomic mass is 10.0. The third-order valence-corrected chi connectivity index (χ3v) is 6.89. The summed E-state index contributed by atoms with van der Waals surface area (Å²) in [5.41, 5.74) is 8.19. The second-order valence-corrected chi connectivity index (χ2v) is 13.5. The SMILES string of the molecule is C.C.C.CC(C)CC1=CCC=N1.CC(C)Cc1c[nH]c2ccccc12.CC(C)Cc1ccccc1.Cc1ccc(CC(C)C)cc1. The Hall–Kier alpha value is -3.39. The predicted octanol–water partition coefficient (Wildman–Crippen LogP) is 13.7. The number of hydrogen-bond acceptors (Lipinski definition) is 1. The Bertz CT molecular complexity index is 1340. The Morgan fingerprint density at radius 2 is 1.09 bits per heavy atom. The van der Waals surface area contributed by atoms with Gasteiger partial charge >= 0.3 is 0 Å². The highest BCUT2D eigenvalue weighted by molar-refractivity contribution is 5.83. The van der Waals surface area contributed by atoms with Crippen molar-refractivity contribution in [3.05, 3.63) is 119 Å². The molecule has 0 unspecified atom stereocenters. The van der Waals surface area contributed by atoms with Crippen molar-refractivity contribution in [2.45, 2.75) is 117 Å². The summed E-state index contributed by atoms with van der Waals surface area (Å²) in [6.45, 7) is 20.0. The number of allylic oxidation sites excluding steroid dienone is 2. The van der Waals surface area contributed by atoms with Crippen LogP contribution in [-0.2, 0) is 19.3 Å². The molecule has 0 amide bonds. The molecule has 3 aromatic carbocycles. The number of benzene rings is 3. The van der Waals surface area contributed by atoms with Crippen molar-refractivity contribution in [3.63, 3.8) is 0 Å². The number of hydrogen-bond donors (Lipinski definition) is 1. The van der Waals surface area contributed by atoms with Gasteiger partial charge in [-0.3, -0.25) is 4.99 Å². The average molecular weight is 627 g/mol. The monoisotopic (exact) mass is 627 g/mol. The summed E-state index contributed by atoms with van der Waals surface area (Å²) in [5, 5.41) is 1.37. The van der Waals surface area contributed by atoms with Crippen LogP contribution in [0.25, 0.3) is 10.9 Å². The number of aromatic nitrogens is 1. The minimum atomic E-state index is 0. The average Bonchev–Trinajstić information content (AvgIpc) is 3.61. The molecular weight excluding hydrogens is 556 g/mol. The first-order valence-electron chi connectivity index (χ1n) is 16.4. The van der Waals surface area contributed by atoms with Crippen molar-refractivity contribution >= 4 is 17.1 Å². The molecule has 0 aliphatic carbocycles. The molecule has 0 radical (unpaired) electrons. The maximum atomic E-state index is 4.21. The Balaban J connectivity index is 0. The van der Waals surface area contributed by atoms with Crippen LogP contribution in [0, 0.1) is 30.6 Å². The number of aliphatic imine (C=N–C) groups is 1. The first kappa shape index (κ1) is 44.7. The van der Waals surface area contributed by atoms with Gasteiger partial charge in [-0.05, 0) is 79.0 Å². The standard InChI is InChI=1S/C12H15N.C11H16.C10H14.C8H13N.3CH4/c1-9(2)7-10-8-13-12-6-4-3-5-11(10)12;1-9(2)8-11-6-4-10(3)5-7-11;1-9(2)8-10-6-4-3-5-7-10;1-7(2)6-8-4-3-5-9-8;;;/h3-6,8-9,13H,7H2,1-2H3;4-7,9H,8H2,1-3H3;3-7,9H,8H2,1-2H3;4-5,7H,3,6H2,1-2H3;3*1H4. The lowest BCUT2D eigenvalue weighted by molar-refractivity contribution is 0.640. The van der Waals surface area contributed by atoms with Crippen LogP contribution in [0.4, 0.5) is 0 Å². The molecule has 0 atom stereocenters. The third kappa shape index (κ3) is 19.2. The van der Waals surface area contributed by atoms with Gasteiger partial charge in [0, 0.05) is 35.4 Å². The molecule has 4 aromatic rings. The Morgan fingerprint density at radius 3 is 1.59 bits per heavy atom. The van der Waals surface area contributed by atoms with Gasteiger partial charge in [-0.25, -0.2) is 0 Å². The molecule has 0 spiro atoms. The minimum absolute atomic E-state index is 0. The Kier molecular flexibility index (Phi) is 24.1. The Morgan fingerprint density at radius 1 is 0.587 bits per heavy atom. The highest BCUT2D eigenvalue weighted by atomic mass is 14.7. The summed E-state index contributed by atoms with van der Waals surface area (Å²) in [4.78, 5) is 7.51. The van der Waals surface area contributed by atoms with Crippen LogP contribution in [0.5, 0.6) is 0 Å². The van der Waals surface area contributed by atoms with Crippen molar-refractivity contribution < 1.29 is 0 Å². The van der Waals surface area contributed by atoms with Crippen LogP contribution in [0.1, 0.15) is 113 Å². The van der Waals surface area contributed by atoms with Gasteiger partial charge in [0.2, 0.25) is 0 Å². The fourth-order valence-corrected chi connectivity index (χ4v) is 4.99. The number of rotatable bonds is 8. The van der Waals surface area contributed by atoms with Crippen LogP contribution < -0.4 is 0 Å². The molecule has 1 aliphatic rings. The number of H-pyrrole nitrogens is 1. The van der Waals surface area contributed by atoms with E-state index in [0.29, 0.717) is 0 Å². The summed E-state index contributed by atoms with van der Waals surface area (Å²) in [5.74, 6) is 2.99. The summed E-state index contributed by atoms with van der Waals surface area (Å²) < 4.78 is 0. The van der Waals surface area contributed by atoms with E-state index in [-0.39, 0.29) is 22.3 Å². The van der Waals surface area contributed by atoms with Gasteiger partial charge in [0.1, 0.15) is 0 Å². The molecule has 0 fully saturated rings. The molecule has 1 N–H and O–H groups in total. The zero-order valence-corrected chi connectivity index (χ0v) is 28.5. The van der Waals surface area contributed by atoms with Crippen LogP contribution in [0.3, 0.4) is 0 Å². The largest absolute Gasteiger partial charge is 0.361 e. The number of aryl methyl sites for hydroxylation is 1. The van der Waals surface area contributed by atoms with Gasteiger partial charge in [-0.2, -0.15) is 0 Å². The number of nitrogens with zero attached hydrogens (tertiary/aromatic N) is 1. The van der Waals surface area contributed by atoms with E-state index < -0.39 is 0 Å². The molecule has 2 heterocycles. The topological polar surface area (TPSA) is 28.1 Å². The van der Waals surface area contributed by atoms with E-state index >= 15 is 0 Å². The first-order chi connectivity index (χ1) is 20.5. The quantitative estimate of drug-likeness (QED) is 0.201. The second-order valence-electron chi connectivity index (χ2n) is 13.5. The second kappa shape index (κ2) is 24.8. The summed E-state index contributed by atoms with van der Waals surface area (Å²) >= 11 is 0. The van der Waals surface area contributed by atoms with Gasteiger partial charge < -0.3 is 4.98 Å².